The molecule has 0 spiro atoms. The Kier molecular flexibility index (Phi) is 61.4. The summed E-state index contributed by atoms with van der Waals surface area (Å²) in [6, 6.07) is -0.945. The molecule has 1 saturated heterocycles. The van der Waals surface area contributed by atoms with E-state index in [9.17, 15) is 38.2 Å². The first-order chi connectivity index (χ1) is 43.0. The Balaban J connectivity index is 2.17. The van der Waals surface area contributed by atoms with E-state index in [1.807, 2.05) is 6.08 Å². The predicted octanol–water partition coefficient (Wildman–Crippen LogP) is 20.4. The summed E-state index contributed by atoms with van der Waals surface area (Å²) in [5.41, 5.74) is 0. The van der Waals surface area contributed by atoms with E-state index >= 15 is 0 Å². The van der Waals surface area contributed by atoms with E-state index in [-0.39, 0.29) is 18.9 Å². The smallest absolute Gasteiger partial charge is 0.394 e. The number of ether oxygens (including phenoxy) is 2. The van der Waals surface area contributed by atoms with Gasteiger partial charge in [0.2, 0.25) is 5.91 Å². The third-order valence-electron chi connectivity index (χ3n) is 18.2. The van der Waals surface area contributed by atoms with Crippen molar-refractivity contribution in [2.75, 3.05) is 13.2 Å². The Morgan fingerprint density at radius 1 is 0.455 bits per heavy atom. The van der Waals surface area contributed by atoms with Crippen LogP contribution < -0.4 is 5.32 Å². The maximum atomic E-state index is 13.2. The molecule has 12 nitrogen and oxygen atoms in total. The zero-order chi connectivity index (χ0) is 63.9. The van der Waals surface area contributed by atoms with Gasteiger partial charge in [-0.25, -0.2) is 4.18 Å². The van der Waals surface area contributed by atoms with Gasteiger partial charge in [-0.3, -0.25) is 9.35 Å². The average Bonchev–Trinajstić information content (AvgIpc) is 2.03. The summed E-state index contributed by atoms with van der Waals surface area (Å²) >= 11 is 0. The molecule has 0 saturated carbocycles. The van der Waals surface area contributed by atoms with Gasteiger partial charge in [-0.15, -0.1) is 0 Å². The van der Waals surface area contributed by atoms with Gasteiger partial charge in [0.1, 0.15) is 24.4 Å². The number of nitrogens with one attached hydrogen (secondary N) is 1. The lowest BCUT2D eigenvalue weighted by Crippen LogP contribution is -2.61. The number of hydrogen-bond acceptors (Lipinski definition) is 10. The second-order valence-electron chi connectivity index (χ2n) is 26.6. The first-order valence-electron chi connectivity index (χ1n) is 37.9. The molecule has 0 aromatic rings. The maximum absolute atomic E-state index is 13.2. The summed E-state index contributed by atoms with van der Waals surface area (Å²) in [5, 5.41) is 45.2. The highest BCUT2D eigenvalue weighted by Gasteiger charge is 2.48. The SMILES string of the molecule is CCCCCCCCCCCCCCCCC/C=C\C/C=C\CCCCCCCCCCCCCCCCCCCC(=O)NC(COC1OC(CO)C(O)C(OS(=O)(=O)O)C1O)C(O)/C=C/CCCCCCCCCCCCCCCCCCCCCC. The van der Waals surface area contributed by atoms with E-state index < -0.39 is 59.9 Å². The number of rotatable bonds is 68. The lowest BCUT2D eigenvalue weighted by molar-refractivity contribution is -0.298. The molecule has 0 radical (unpaired) electrons. The zero-order valence-corrected chi connectivity index (χ0v) is 58.1. The standard InChI is InChI=1S/C75H143NO11S/c1-3-5-7-9-11-13-15-17-19-21-23-25-27-28-29-30-31-32-33-34-35-36-37-38-39-40-41-42-43-45-47-49-51-53-55-57-59-61-63-65-71(79)76-68(67-85-75-73(81)74(87-88(82,83)84)72(80)70(66-77)86-75)69(78)64-62-60-58-56-54-52-50-48-46-44-26-24-22-20-18-16-14-12-10-8-6-4-2/h31-32,34-35,62,64,68-70,72-75,77-78,80-81H,3-30,33,36-61,63,65-67H2,1-2H3,(H,76,79)(H,82,83,84)/b32-31-,35-34-,64-62+. The second kappa shape index (κ2) is 64.0. The minimum Gasteiger partial charge on any atom is -0.394 e. The summed E-state index contributed by atoms with van der Waals surface area (Å²) in [6.07, 6.45) is 76.7. The molecule has 1 fully saturated rings. The highest BCUT2D eigenvalue weighted by molar-refractivity contribution is 7.80. The van der Waals surface area contributed by atoms with Crippen molar-refractivity contribution in [3.8, 4) is 0 Å². The van der Waals surface area contributed by atoms with Crippen molar-refractivity contribution in [3.63, 3.8) is 0 Å². The van der Waals surface area contributed by atoms with Gasteiger partial charge >= 0.3 is 10.4 Å². The lowest BCUT2D eigenvalue weighted by atomic mass is 9.99. The second-order valence-corrected chi connectivity index (χ2v) is 27.6. The van der Waals surface area contributed by atoms with Gasteiger partial charge in [-0.1, -0.05) is 359 Å². The quantitative estimate of drug-likeness (QED) is 0.0193. The van der Waals surface area contributed by atoms with Crippen LogP contribution in [0.4, 0.5) is 0 Å². The number of carbonyl (C=O) groups excluding carboxylic acids is 1. The normalized spacial score (nSPS) is 18.2. The van der Waals surface area contributed by atoms with Gasteiger partial charge < -0.3 is 35.2 Å². The van der Waals surface area contributed by atoms with Crippen LogP contribution in [0.15, 0.2) is 36.5 Å². The fourth-order valence-electron chi connectivity index (χ4n) is 12.4. The fraction of sp³-hybridized carbons (Fsp3) is 0.907. The van der Waals surface area contributed by atoms with Gasteiger partial charge in [-0.05, 0) is 51.4 Å². The van der Waals surface area contributed by atoms with Crippen molar-refractivity contribution < 1.29 is 51.8 Å². The Labute approximate surface area is 543 Å². The first-order valence-corrected chi connectivity index (χ1v) is 39.2. The molecular weight excluding hydrogens is 1120 g/mol. The molecular formula is C75H143NO11S. The Bertz CT molecular complexity index is 1680. The molecule has 7 atom stereocenters. The summed E-state index contributed by atoms with van der Waals surface area (Å²) < 4.78 is 48.1. The van der Waals surface area contributed by atoms with E-state index in [2.05, 4.69) is 47.7 Å². The number of unbranched alkanes of at least 4 members (excludes halogenated alkanes) is 52. The molecule has 1 amide bonds. The largest absolute Gasteiger partial charge is 0.397 e. The van der Waals surface area contributed by atoms with Gasteiger partial charge in [0, 0.05) is 6.42 Å². The summed E-state index contributed by atoms with van der Waals surface area (Å²) in [7, 11) is -5.10. The number of allylic oxidation sites excluding steroid dienone is 5. The summed E-state index contributed by atoms with van der Waals surface area (Å²) in [6.45, 7) is 3.46. The van der Waals surface area contributed by atoms with E-state index in [1.165, 1.54) is 308 Å². The van der Waals surface area contributed by atoms with E-state index in [0.29, 0.717) is 6.42 Å². The fourth-order valence-corrected chi connectivity index (χ4v) is 12.9. The highest BCUT2D eigenvalue weighted by Crippen LogP contribution is 2.27. The highest BCUT2D eigenvalue weighted by atomic mass is 32.3. The summed E-state index contributed by atoms with van der Waals surface area (Å²) in [5.74, 6) is -0.256. The maximum Gasteiger partial charge on any atom is 0.397 e. The van der Waals surface area contributed by atoms with E-state index in [1.54, 1.807) is 6.08 Å². The molecule has 0 aliphatic carbocycles. The van der Waals surface area contributed by atoms with Crippen LogP contribution in [-0.2, 0) is 28.9 Å². The molecule has 0 bridgehead atoms. The lowest BCUT2D eigenvalue weighted by Gasteiger charge is -2.41. The van der Waals surface area contributed by atoms with Gasteiger partial charge in [0.25, 0.3) is 0 Å². The predicted molar refractivity (Wildman–Crippen MR) is 370 cm³/mol. The number of aliphatic hydroxyl groups excluding tert-OH is 4. The van der Waals surface area contributed by atoms with Crippen molar-refractivity contribution in [1.82, 2.24) is 5.32 Å². The van der Waals surface area contributed by atoms with Crippen LogP contribution in [0.3, 0.4) is 0 Å². The van der Waals surface area contributed by atoms with Crippen LogP contribution in [0.5, 0.6) is 0 Å². The Hall–Kier alpha value is -1.68. The molecule has 1 heterocycles. The topological polar surface area (TPSA) is 192 Å². The molecule has 0 aromatic heterocycles. The Morgan fingerprint density at radius 3 is 1.08 bits per heavy atom. The van der Waals surface area contributed by atoms with Gasteiger partial charge in [0.05, 0.1) is 25.4 Å². The number of carbonyl (C=O) groups is 1. The van der Waals surface area contributed by atoms with Gasteiger partial charge in [-0.2, -0.15) is 8.42 Å². The minimum atomic E-state index is -5.10. The van der Waals surface area contributed by atoms with Crippen molar-refractivity contribution in [3.05, 3.63) is 36.5 Å². The number of aliphatic hydroxyl groups is 4. The van der Waals surface area contributed by atoms with E-state index in [0.717, 1.165) is 44.9 Å². The van der Waals surface area contributed by atoms with Crippen LogP contribution in [0.25, 0.3) is 0 Å². The third kappa shape index (κ3) is 54.8. The molecule has 0 aromatic carbocycles. The first kappa shape index (κ1) is 84.3. The van der Waals surface area contributed by atoms with Crippen LogP contribution in [0.1, 0.15) is 380 Å². The van der Waals surface area contributed by atoms with E-state index in [4.69, 9.17) is 9.47 Å². The summed E-state index contributed by atoms with van der Waals surface area (Å²) in [4.78, 5) is 13.2. The molecule has 6 N–H and O–H groups in total. The molecule has 7 unspecified atom stereocenters. The molecule has 13 heteroatoms. The molecule has 88 heavy (non-hydrogen) atoms. The average molecular weight is 1270 g/mol. The number of hydrogen-bond donors (Lipinski definition) is 6. The van der Waals surface area contributed by atoms with Crippen molar-refractivity contribution >= 4 is 16.3 Å². The van der Waals surface area contributed by atoms with Crippen molar-refractivity contribution in [2.45, 2.75) is 423 Å². The van der Waals surface area contributed by atoms with Crippen LogP contribution in [-0.4, -0.2) is 95.4 Å². The monoisotopic (exact) mass is 1270 g/mol. The zero-order valence-electron chi connectivity index (χ0n) is 57.3. The molecule has 1 aliphatic rings. The Morgan fingerprint density at radius 2 is 0.761 bits per heavy atom. The van der Waals surface area contributed by atoms with Gasteiger partial charge in [0.15, 0.2) is 6.29 Å². The van der Waals surface area contributed by atoms with Crippen molar-refractivity contribution in [1.29, 1.82) is 0 Å². The van der Waals surface area contributed by atoms with Crippen LogP contribution >= 0.6 is 0 Å². The third-order valence-corrected chi connectivity index (χ3v) is 18.6. The van der Waals surface area contributed by atoms with Crippen molar-refractivity contribution in [2.24, 2.45) is 0 Å². The van der Waals surface area contributed by atoms with Crippen LogP contribution in [0, 0.1) is 0 Å². The van der Waals surface area contributed by atoms with Crippen LogP contribution in [0.2, 0.25) is 0 Å². The molecule has 1 aliphatic heterocycles. The minimum absolute atomic E-state index is 0.256. The number of amides is 1. The molecule has 1 rings (SSSR count). The molecule has 520 valence electrons.